The van der Waals surface area contributed by atoms with Crippen molar-refractivity contribution in [1.82, 2.24) is 20.0 Å². The number of carbonyl (C=O) groups excluding carboxylic acids is 3. The Morgan fingerprint density at radius 1 is 1.03 bits per heavy atom. The van der Waals surface area contributed by atoms with Gasteiger partial charge in [-0.1, -0.05) is 42.5 Å². The molecular weight excluding hydrogens is 400 g/mol. The van der Waals surface area contributed by atoms with Gasteiger partial charge in [-0.25, -0.2) is 4.68 Å². The Bertz CT molecular complexity index is 1110. The number of rotatable bonds is 6. The van der Waals surface area contributed by atoms with E-state index in [9.17, 15) is 14.4 Å². The highest BCUT2D eigenvalue weighted by Gasteiger charge is 2.34. The third-order valence-corrected chi connectivity index (χ3v) is 5.40. The average molecular weight is 418 g/mol. The summed E-state index contributed by atoms with van der Waals surface area (Å²) in [6, 6.07) is 18.2. The first-order valence-corrected chi connectivity index (χ1v) is 10.1. The molecule has 3 aromatic rings. The van der Waals surface area contributed by atoms with Gasteiger partial charge in [-0.2, -0.15) is 5.10 Å². The molecular formula is C22H18N4O3S. The van der Waals surface area contributed by atoms with Crippen molar-refractivity contribution >= 4 is 34.9 Å². The summed E-state index contributed by atoms with van der Waals surface area (Å²) in [7, 11) is 0. The molecule has 0 radical (unpaired) electrons. The lowest BCUT2D eigenvalue weighted by Gasteiger charge is -2.14. The molecule has 30 heavy (non-hydrogen) atoms. The number of imide groups is 1. The smallest absolute Gasteiger partial charge is 0.293 e. The summed E-state index contributed by atoms with van der Waals surface area (Å²) >= 11 is 0.907. The van der Waals surface area contributed by atoms with E-state index in [2.05, 4.69) is 10.4 Å². The van der Waals surface area contributed by atoms with Crippen LogP contribution in [0.2, 0.25) is 0 Å². The minimum atomic E-state index is -0.347. The van der Waals surface area contributed by atoms with Gasteiger partial charge in [0.15, 0.2) is 0 Å². The van der Waals surface area contributed by atoms with E-state index in [0.29, 0.717) is 16.2 Å². The lowest BCUT2D eigenvalue weighted by atomic mass is 10.1. The molecule has 0 saturated carbocycles. The zero-order valence-electron chi connectivity index (χ0n) is 15.9. The first kappa shape index (κ1) is 19.7. The Balaban J connectivity index is 1.39. The van der Waals surface area contributed by atoms with Gasteiger partial charge in [-0.05, 0) is 41.6 Å². The first-order valence-electron chi connectivity index (χ1n) is 9.31. The Morgan fingerprint density at radius 3 is 2.57 bits per heavy atom. The van der Waals surface area contributed by atoms with Crippen molar-refractivity contribution in [1.29, 1.82) is 0 Å². The van der Waals surface area contributed by atoms with Gasteiger partial charge in [0.05, 0.1) is 16.2 Å². The van der Waals surface area contributed by atoms with Gasteiger partial charge >= 0.3 is 0 Å². The fraction of sp³-hybridized carbons (Fsp3) is 0.0909. The van der Waals surface area contributed by atoms with Crippen LogP contribution in [-0.2, 0) is 4.79 Å². The number of hydrogen-bond acceptors (Lipinski definition) is 5. The van der Waals surface area contributed by atoms with Crippen LogP contribution >= 0.6 is 11.8 Å². The molecule has 2 heterocycles. The second-order valence-electron chi connectivity index (χ2n) is 6.47. The van der Waals surface area contributed by atoms with Crippen LogP contribution in [-0.4, -0.2) is 44.8 Å². The molecule has 8 heteroatoms. The Labute approximate surface area is 177 Å². The maximum Gasteiger partial charge on any atom is 0.293 e. The average Bonchev–Trinajstić information content (AvgIpc) is 3.39. The van der Waals surface area contributed by atoms with E-state index in [4.69, 9.17) is 0 Å². The molecule has 0 bridgehead atoms. The van der Waals surface area contributed by atoms with Gasteiger partial charge in [-0.15, -0.1) is 0 Å². The van der Waals surface area contributed by atoms with Crippen LogP contribution < -0.4 is 5.32 Å². The van der Waals surface area contributed by atoms with E-state index in [1.165, 1.54) is 0 Å². The molecule has 0 aliphatic carbocycles. The number of benzene rings is 2. The Kier molecular flexibility index (Phi) is 5.76. The van der Waals surface area contributed by atoms with Crippen molar-refractivity contribution in [2.24, 2.45) is 0 Å². The monoisotopic (exact) mass is 418 g/mol. The number of hydrogen-bond donors (Lipinski definition) is 1. The van der Waals surface area contributed by atoms with Gasteiger partial charge in [0.25, 0.3) is 17.1 Å². The van der Waals surface area contributed by atoms with Crippen LogP contribution in [0.4, 0.5) is 4.79 Å². The molecule has 0 atom stereocenters. The first-order chi connectivity index (χ1) is 14.6. The Hall–Kier alpha value is -3.65. The molecule has 1 aliphatic rings. The standard InChI is InChI=1S/C22H18N4O3S/c27-20(17-9-4-5-10-18(17)26-13-6-11-24-26)23-12-14-25-21(28)19(30-22(25)29)15-16-7-2-1-3-8-16/h1-11,13,15H,12,14H2,(H,23,27)/b19-15+. The molecule has 1 fully saturated rings. The normalized spacial score (nSPS) is 15.1. The second kappa shape index (κ2) is 8.79. The van der Waals surface area contributed by atoms with E-state index < -0.39 is 0 Å². The maximum atomic E-state index is 12.6. The highest BCUT2D eigenvalue weighted by atomic mass is 32.2. The molecule has 1 aromatic heterocycles. The van der Waals surface area contributed by atoms with Crippen LogP contribution in [0.25, 0.3) is 11.8 Å². The summed E-state index contributed by atoms with van der Waals surface area (Å²) < 4.78 is 1.61. The van der Waals surface area contributed by atoms with Gasteiger partial charge in [0, 0.05) is 25.5 Å². The van der Waals surface area contributed by atoms with Crippen molar-refractivity contribution in [3.05, 3.63) is 89.1 Å². The van der Waals surface area contributed by atoms with Crippen molar-refractivity contribution in [2.45, 2.75) is 0 Å². The number of thioether (sulfide) groups is 1. The molecule has 4 rings (SSSR count). The lowest BCUT2D eigenvalue weighted by molar-refractivity contribution is -0.122. The molecule has 1 aliphatic heterocycles. The van der Waals surface area contributed by atoms with E-state index in [-0.39, 0.29) is 30.1 Å². The van der Waals surface area contributed by atoms with E-state index in [1.807, 2.05) is 36.4 Å². The fourth-order valence-corrected chi connectivity index (χ4v) is 3.91. The largest absolute Gasteiger partial charge is 0.350 e. The summed E-state index contributed by atoms with van der Waals surface area (Å²) in [4.78, 5) is 39.0. The zero-order valence-corrected chi connectivity index (χ0v) is 16.7. The summed E-state index contributed by atoms with van der Waals surface area (Å²) in [5, 5.41) is 6.61. The number of aromatic nitrogens is 2. The molecule has 0 spiro atoms. The van der Waals surface area contributed by atoms with Crippen molar-refractivity contribution in [3.63, 3.8) is 0 Å². The van der Waals surface area contributed by atoms with Gasteiger partial charge < -0.3 is 5.32 Å². The fourth-order valence-electron chi connectivity index (χ4n) is 3.05. The van der Waals surface area contributed by atoms with Crippen LogP contribution in [0.15, 0.2) is 78.0 Å². The summed E-state index contributed by atoms with van der Waals surface area (Å²) in [6.45, 7) is 0.259. The number of nitrogens with zero attached hydrogens (tertiary/aromatic N) is 3. The highest BCUT2D eigenvalue weighted by molar-refractivity contribution is 8.18. The van der Waals surface area contributed by atoms with Gasteiger partial charge in [-0.3, -0.25) is 19.3 Å². The molecule has 1 N–H and O–H groups in total. The number of nitrogens with one attached hydrogen (secondary N) is 1. The molecule has 1 saturated heterocycles. The van der Waals surface area contributed by atoms with Gasteiger partial charge in [0.2, 0.25) is 0 Å². The summed E-state index contributed by atoms with van der Waals surface area (Å²) in [5.74, 6) is -0.645. The molecule has 150 valence electrons. The summed E-state index contributed by atoms with van der Waals surface area (Å²) in [5.41, 5.74) is 1.96. The predicted molar refractivity (Wildman–Crippen MR) is 115 cm³/mol. The van der Waals surface area contributed by atoms with Crippen LogP contribution in [0, 0.1) is 0 Å². The van der Waals surface area contributed by atoms with E-state index in [0.717, 1.165) is 22.2 Å². The van der Waals surface area contributed by atoms with Crippen LogP contribution in [0.1, 0.15) is 15.9 Å². The molecule has 0 unspecified atom stereocenters. The van der Waals surface area contributed by atoms with Crippen molar-refractivity contribution in [2.75, 3.05) is 13.1 Å². The molecule has 2 aromatic carbocycles. The van der Waals surface area contributed by atoms with Crippen LogP contribution in [0.5, 0.6) is 0 Å². The van der Waals surface area contributed by atoms with Gasteiger partial charge in [0.1, 0.15) is 0 Å². The maximum absolute atomic E-state index is 12.6. The lowest BCUT2D eigenvalue weighted by Crippen LogP contribution is -2.37. The topological polar surface area (TPSA) is 84.3 Å². The highest BCUT2D eigenvalue weighted by Crippen LogP contribution is 2.31. The molecule has 7 nitrogen and oxygen atoms in total. The number of amides is 3. The predicted octanol–water partition coefficient (Wildman–Crippen LogP) is 3.34. The van der Waals surface area contributed by atoms with Crippen molar-refractivity contribution in [3.8, 4) is 5.69 Å². The van der Waals surface area contributed by atoms with Crippen molar-refractivity contribution < 1.29 is 14.4 Å². The second-order valence-corrected chi connectivity index (χ2v) is 7.46. The molecule has 3 amide bonds. The number of carbonyl (C=O) groups is 3. The quantitative estimate of drug-likeness (QED) is 0.621. The Morgan fingerprint density at radius 2 is 1.80 bits per heavy atom. The third-order valence-electron chi connectivity index (χ3n) is 4.49. The summed E-state index contributed by atoms with van der Waals surface area (Å²) in [6.07, 6.45) is 5.09. The van der Waals surface area contributed by atoms with E-state index >= 15 is 0 Å². The van der Waals surface area contributed by atoms with E-state index in [1.54, 1.807) is 47.4 Å². The van der Waals surface area contributed by atoms with Crippen LogP contribution in [0.3, 0.4) is 0 Å². The minimum Gasteiger partial charge on any atom is -0.350 e. The SMILES string of the molecule is O=C(NCCN1C(=O)S/C(=C/c2ccccc2)C1=O)c1ccccc1-n1cccn1. The zero-order chi connectivity index (χ0) is 20.9. The minimum absolute atomic E-state index is 0.104. The third kappa shape index (κ3) is 4.18. The number of para-hydroxylation sites is 1.